The van der Waals surface area contributed by atoms with E-state index >= 15 is 0 Å². The lowest BCUT2D eigenvalue weighted by Crippen LogP contribution is -2.21. The predicted molar refractivity (Wildman–Crippen MR) is 66.9 cm³/mol. The summed E-state index contributed by atoms with van der Waals surface area (Å²) in [5, 5.41) is 17.1. The highest BCUT2D eigenvalue weighted by Gasteiger charge is 2.53. The van der Waals surface area contributed by atoms with Gasteiger partial charge in [-0.2, -0.15) is 0 Å². The molecule has 7 heteroatoms. The van der Waals surface area contributed by atoms with Gasteiger partial charge >= 0.3 is 5.69 Å². The molecule has 2 unspecified atom stereocenters. The maximum absolute atomic E-state index is 13.9. The molecule has 102 valence electrons. The van der Waals surface area contributed by atoms with Crippen LogP contribution in [0.3, 0.4) is 0 Å². The van der Waals surface area contributed by atoms with Crippen LogP contribution in [-0.4, -0.2) is 31.2 Å². The van der Waals surface area contributed by atoms with Gasteiger partial charge in [-0.1, -0.05) is 0 Å². The van der Waals surface area contributed by atoms with Crippen molar-refractivity contribution in [2.45, 2.75) is 6.04 Å². The highest BCUT2D eigenvalue weighted by atomic mass is 19.1. The van der Waals surface area contributed by atoms with Gasteiger partial charge in [0.2, 0.25) is 0 Å². The Labute approximate surface area is 109 Å². The number of fused-ring (bicyclic) bond motifs is 1. The van der Waals surface area contributed by atoms with E-state index in [1.165, 1.54) is 13.2 Å². The van der Waals surface area contributed by atoms with Crippen LogP contribution < -0.4 is 15.4 Å². The molecular formula is C12H14FN3O3. The Bertz CT molecular complexity index is 527. The standard InChI is InChI=1S/C12H14FN3O3/c1-19-11-3-9(8(13)2-10(11)16(17)18)15-12-6-4-14-5-7(6)12/h2-3,6-7,12,14-15H,4-5H2,1H3. The normalized spacial score (nSPS) is 27.8. The maximum Gasteiger partial charge on any atom is 0.313 e. The number of nitro benzene ring substituents is 1. The van der Waals surface area contributed by atoms with Crippen LogP contribution in [0.15, 0.2) is 12.1 Å². The molecule has 2 aliphatic rings. The Morgan fingerprint density at radius 3 is 2.74 bits per heavy atom. The molecule has 1 saturated heterocycles. The molecule has 0 radical (unpaired) electrons. The van der Waals surface area contributed by atoms with Gasteiger partial charge in [-0.25, -0.2) is 4.39 Å². The number of benzene rings is 1. The molecule has 19 heavy (non-hydrogen) atoms. The molecule has 1 aliphatic carbocycles. The van der Waals surface area contributed by atoms with E-state index in [1.807, 2.05) is 0 Å². The summed E-state index contributed by atoms with van der Waals surface area (Å²) in [7, 11) is 1.33. The monoisotopic (exact) mass is 267 g/mol. The smallest absolute Gasteiger partial charge is 0.313 e. The number of piperidine rings is 1. The second-order valence-corrected chi connectivity index (χ2v) is 4.92. The van der Waals surface area contributed by atoms with Gasteiger partial charge in [0, 0.05) is 25.2 Å². The predicted octanol–water partition coefficient (Wildman–Crippen LogP) is 1.37. The Balaban J connectivity index is 1.83. The molecule has 1 aliphatic heterocycles. The van der Waals surface area contributed by atoms with Crippen molar-refractivity contribution in [2.75, 3.05) is 25.5 Å². The van der Waals surface area contributed by atoms with Crippen LogP contribution >= 0.6 is 0 Å². The van der Waals surface area contributed by atoms with Crippen molar-refractivity contribution in [3.05, 3.63) is 28.1 Å². The van der Waals surface area contributed by atoms with Gasteiger partial charge in [0.15, 0.2) is 11.6 Å². The average Bonchev–Trinajstić information content (AvgIpc) is 2.83. The molecule has 0 spiro atoms. The van der Waals surface area contributed by atoms with Crippen molar-refractivity contribution in [3.8, 4) is 5.75 Å². The fraction of sp³-hybridized carbons (Fsp3) is 0.500. The first-order valence-electron chi connectivity index (χ1n) is 6.11. The molecule has 3 rings (SSSR count). The minimum Gasteiger partial charge on any atom is -0.490 e. The minimum absolute atomic E-state index is 0.0674. The summed E-state index contributed by atoms with van der Waals surface area (Å²) in [5.41, 5.74) is -0.0925. The number of rotatable bonds is 4. The molecule has 1 aromatic carbocycles. The summed E-state index contributed by atoms with van der Waals surface area (Å²) in [5.74, 6) is 0.504. The second kappa shape index (κ2) is 4.34. The van der Waals surface area contributed by atoms with Crippen LogP contribution in [0.1, 0.15) is 0 Å². The van der Waals surface area contributed by atoms with Gasteiger partial charge in [-0.05, 0) is 11.8 Å². The molecule has 1 saturated carbocycles. The number of nitrogens with zero attached hydrogens (tertiary/aromatic N) is 1. The topological polar surface area (TPSA) is 76.4 Å². The molecule has 0 amide bonds. The third-order valence-electron chi connectivity index (χ3n) is 3.88. The summed E-state index contributed by atoms with van der Waals surface area (Å²) >= 11 is 0. The van der Waals surface area contributed by atoms with Gasteiger partial charge in [0.1, 0.15) is 0 Å². The van der Waals surface area contributed by atoms with E-state index < -0.39 is 10.7 Å². The number of methoxy groups -OCH3 is 1. The molecule has 1 heterocycles. The molecule has 2 atom stereocenters. The largest absolute Gasteiger partial charge is 0.490 e. The number of hydrogen-bond donors (Lipinski definition) is 2. The van der Waals surface area contributed by atoms with E-state index in [-0.39, 0.29) is 23.2 Å². The van der Waals surface area contributed by atoms with Crippen LogP contribution in [0.2, 0.25) is 0 Å². The quantitative estimate of drug-likeness (QED) is 0.636. The number of hydrogen-bond acceptors (Lipinski definition) is 5. The fourth-order valence-electron chi connectivity index (χ4n) is 2.77. The van der Waals surface area contributed by atoms with Crippen molar-refractivity contribution in [2.24, 2.45) is 11.8 Å². The van der Waals surface area contributed by atoms with E-state index in [0.29, 0.717) is 11.8 Å². The van der Waals surface area contributed by atoms with E-state index in [2.05, 4.69) is 10.6 Å². The highest BCUT2D eigenvalue weighted by molar-refractivity contribution is 5.60. The van der Waals surface area contributed by atoms with Gasteiger partial charge in [0.25, 0.3) is 0 Å². The van der Waals surface area contributed by atoms with Crippen LogP contribution in [0.5, 0.6) is 5.75 Å². The zero-order valence-electron chi connectivity index (χ0n) is 10.4. The molecule has 0 aromatic heterocycles. The molecule has 0 bridgehead atoms. The van der Waals surface area contributed by atoms with E-state index in [4.69, 9.17) is 4.74 Å². The Morgan fingerprint density at radius 1 is 1.47 bits per heavy atom. The number of ether oxygens (including phenoxy) is 1. The molecular weight excluding hydrogens is 253 g/mol. The minimum atomic E-state index is -0.651. The van der Waals surface area contributed by atoms with Gasteiger partial charge < -0.3 is 15.4 Å². The van der Waals surface area contributed by atoms with Crippen LogP contribution in [0, 0.1) is 27.8 Å². The molecule has 1 aromatic rings. The zero-order chi connectivity index (χ0) is 13.6. The van der Waals surface area contributed by atoms with Crippen LogP contribution in [0.25, 0.3) is 0 Å². The second-order valence-electron chi connectivity index (χ2n) is 4.92. The summed E-state index contributed by atoms with van der Waals surface area (Å²) in [6.07, 6.45) is 0. The number of nitro groups is 1. The van der Waals surface area contributed by atoms with Gasteiger partial charge in [-0.15, -0.1) is 0 Å². The summed E-state index contributed by atoms with van der Waals surface area (Å²) in [4.78, 5) is 10.1. The third kappa shape index (κ3) is 1.99. The molecule has 6 nitrogen and oxygen atoms in total. The first-order valence-corrected chi connectivity index (χ1v) is 6.11. The maximum atomic E-state index is 13.9. The van der Waals surface area contributed by atoms with Crippen LogP contribution in [0.4, 0.5) is 15.8 Å². The van der Waals surface area contributed by atoms with Crippen molar-refractivity contribution in [1.29, 1.82) is 0 Å². The first-order chi connectivity index (χ1) is 9.11. The summed E-state index contributed by atoms with van der Waals surface area (Å²) < 4.78 is 18.8. The lowest BCUT2D eigenvalue weighted by Gasteiger charge is -2.11. The van der Waals surface area contributed by atoms with Gasteiger partial charge in [-0.3, -0.25) is 10.1 Å². The first kappa shape index (κ1) is 12.2. The molecule has 2 N–H and O–H groups in total. The summed E-state index contributed by atoms with van der Waals surface area (Å²) in [6, 6.07) is 2.51. The Hall–Kier alpha value is -1.89. The SMILES string of the molecule is COc1cc(NC2C3CNCC32)c(F)cc1[N+](=O)[O-]. The van der Waals surface area contributed by atoms with E-state index in [0.717, 1.165) is 19.2 Å². The van der Waals surface area contributed by atoms with Crippen molar-refractivity contribution >= 4 is 11.4 Å². The fourth-order valence-corrected chi connectivity index (χ4v) is 2.77. The molecule has 2 fully saturated rings. The Kier molecular flexibility index (Phi) is 2.78. The number of nitrogens with one attached hydrogen (secondary N) is 2. The average molecular weight is 267 g/mol. The van der Waals surface area contributed by atoms with E-state index in [9.17, 15) is 14.5 Å². The third-order valence-corrected chi connectivity index (χ3v) is 3.88. The van der Waals surface area contributed by atoms with Crippen molar-refractivity contribution in [1.82, 2.24) is 5.32 Å². The van der Waals surface area contributed by atoms with Crippen molar-refractivity contribution < 1.29 is 14.1 Å². The van der Waals surface area contributed by atoms with Crippen molar-refractivity contribution in [3.63, 3.8) is 0 Å². The van der Waals surface area contributed by atoms with Crippen LogP contribution in [-0.2, 0) is 0 Å². The summed E-state index contributed by atoms with van der Waals surface area (Å²) in [6.45, 7) is 1.88. The van der Waals surface area contributed by atoms with Gasteiger partial charge in [0.05, 0.1) is 23.8 Å². The lowest BCUT2D eigenvalue weighted by molar-refractivity contribution is -0.385. The number of halogens is 1. The highest BCUT2D eigenvalue weighted by Crippen LogP contribution is 2.44. The number of anilines is 1. The lowest BCUT2D eigenvalue weighted by atomic mass is 10.2. The zero-order valence-corrected chi connectivity index (χ0v) is 10.4. The van der Waals surface area contributed by atoms with E-state index in [1.54, 1.807) is 0 Å². The Morgan fingerprint density at radius 2 is 2.16 bits per heavy atom.